The Bertz CT molecular complexity index is 256. The van der Waals surface area contributed by atoms with Crippen LogP contribution < -0.4 is 0 Å². The van der Waals surface area contributed by atoms with E-state index < -0.39 is 0 Å². The first-order valence-corrected chi connectivity index (χ1v) is 6.98. The lowest BCUT2D eigenvalue weighted by Gasteiger charge is -2.41. The molecule has 2 nitrogen and oxygen atoms in total. The van der Waals surface area contributed by atoms with Crippen molar-refractivity contribution >= 4 is 0 Å². The van der Waals surface area contributed by atoms with Gasteiger partial charge in [-0.1, -0.05) is 25.7 Å². The minimum Gasteiger partial charge on any atom is -0.296 e. The molecule has 0 aromatic rings. The minimum atomic E-state index is 0.294. The van der Waals surface area contributed by atoms with Gasteiger partial charge in [-0.3, -0.25) is 4.90 Å². The Morgan fingerprint density at radius 2 is 1.75 bits per heavy atom. The number of likely N-dealkylation sites (tertiary alicyclic amines) is 1. The van der Waals surface area contributed by atoms with Crippen molar-refractivity contribution in [3.8, 4) is 6.07 Å². The fraction of sp³-hybridized carbons (Fsp3) is 0.929. The fourth-order valence-corrected chi connectivity index (χ4v) is 3.45. The molecule has 2 heteroatoms. The number of nitrogens with zero attached hydrogens (tertiary/aromatic N) is 2. The van der Waals surface area contributed by atoms with Crippen LogP contribution in [0.15, 0.2) is 0 Å². The van der Waals surface area contributed by atoms with Crippen LogP contribution in [0.1, 0.15) is 58.3 Å². The molecule has 90 valence electrons. The topological polar surface area (TPSA) is 27.0 Å². The first-order chi connectivity index (χ1) is 7.83. The van der Waals surface area contributed by atoms with Gasteiger partial charge >= 0.3 is 0 Å². The van der Waals surface area contributed by atoms with Gasteiger partial charge in [0.1, 0.15) is 0 Å². The number of rotatable bonds is 1. The quantitative estimate of drug-likeness (QED) is 0.634. The summed E-state index contributed by atoms with van der Waals surface area (Å²) in [5, 5.41) is 9.33. The van der Waals surface area contributed by atoms with Gasteiger partial charge in [0.15, 0.2) is 0 Å². The maximum Gasteiger partial charge on any atom is 0.0672 e. The third kappa shape index (κ3) is 2.58. The predicted octanol–water partition coefficient (Wildman–Crippen LogP) is 3.33. The molecule has 2 fully saturated rings. The molecule has 16 heavy (non-hydrogen) atoms. The lowest BCUT2D eigenvalue weighted by Crippen LogP contribution is -2.47. The Hall–Kier alpha value is -0.550. The Balaban J connectivity index is 2.06. The van der Waals surface area contributed by atoms with Crippen LogP contribution in [0.5, 0.6) is 0 Å². The van der Waals surface area contributed by atoms with E-state index in [0.717, 1.165) is 6.42 Å². The van der Waals surface area contributed by atoms with Crippen LogP contribution in [0.4, 0.5) is 0 Å². The molecular formula is C14H24N2. The van der Waals surface area contributed by atoms with E-state index in [2.05, 4.69) is 17.9 Å². The minimum absolute atomic E-state index is 0.294. The van der Waals surface area contributed by atoms with Crippen molar-refractivity contribution in [3.05, 3.63) is 0 Å². The van der Waals surface area contributed by atoms with Crippen LogP contribution in [-0.2, 0) is 0 Å². The summed E-state index contributed by atoms with van der Waals surface area (Å²) in [6.07, 6.45) is 10.3. The molecule has 0 amide bonds. The lowest BCUT2D eigenvalue weighted by atomic mass is 9.91. The van der Waals surface area contributed by atoms with E-state index in [1.54, 1.807) is 0 Å². The van der Waals surface area contributed by atoms with Crippen molar-refractivity contribution in [2.75, 3.05) is 6.54 Å². The fourth-order valence-electron chi connectivity index (χ4n) is 3.45. The first kappa shape index (κ1) is 11.9. The highest BCUT2D eigenvalue weighted by atomic mass is 15.2. The molecule has 0 bridgehead atoms. The van der Waals surface area contributed by atoms with E-state index in [1.165, 1.54) is 51.5 Å². The molecule has 1 aliphatic carbocycles. The third-order valence-electron chi connectivity index (χ3n) is 4.43. The summed E-state index contributed by atoms with van der Waals surface area (Å²) in [7, 11) is 0. The van der Waals surface area contributed by atoms with Crippen LogP contribution in [0.2, 0.25) is 0 Å². The number of hydrogen-bond donors (Lipinski definition) is 0. The molecule has 0 radical (unpaired) electrons. The molecule has 2 aliphatic rings. The lowest BCUT2D eigenvalue weighted by molar-refractivity contribution is 0.0785. The second-order valence-corrected chi connectivity index (χ2v) is 5.52. The summed E-state index contributed by atoms with van der Waals surface area (Å²) >= 11 is 0. The van der Waals surface area contributed by atoms with Crippen molar-refractivity contribution < 1.29 is 0 Å². The van der Waals surface area contributed by atoms with Crippen LogP contribution in [0, 0.1) is 17.2 Å². The number of hydrogen-bond acceptors (Lipinski definition) is 2. The van der Waals surface area contributed by atoms with E-state index in [0.29, 0.717) is 18.0 Å². The Morgan fingerprint density at radius 1 is 1.00 bits per heavy atom. The molecule has 0 aromatic carbocycles. The highest BCUT2D eigenvalue weighted by Crippen LogP contribution is 2.31. The number of piperidine rings is 1. The van der Waals surface area contributed by atoms with Gasteiger partial charge in [0.05, 0.1) is 12.0 Å². The molecule has 2 rings (SSSR count). The van der Waals surface area contributed by atoms with Crippen LogP contribution in [0.25, 0.3) is 0 Å². The van der Waals surface area contributed by atoms with Crippen molar-refractivity contribution in [2.24, 2.45) is 5.92 Å². The molecular weight excluding hydrogens is 196 g/mol. The Morgan fingerprint density at radius 3 is 2.50 bits per heavy atom. The average Bonchev–Trinajstić information content (AvgIpc) is 2.54. The van der Waals surface area contributed by atoms with Gasteiger partial charge in [-0.15, -0.1) is 0 Å². The summed E-state index contributed by atoms with van der Waals surface area (Å²) in [6.45, 7) is 3.57. The smallest absolute Gasteiger partial charge is 0.0672 e. The van der Waals surface area contributed by atoms with Crippen molar-refractivity contribution in [1.29, 1.82) is 5.26 Å². The molecule has 0 spiro atoms. The van der Waals surface area contributed by atoms with Gasteiger partial charge in [-0.2, -0.15) is 5.26 Å². The van der Waals surface area contributed by atoms with E-state index in [1.807, 2.05) is 0 Å². The normalized spacial score (nSPS) is 37.6. The largest absolute Gasteiger partial charge is 0.296 e. The standard InChI is InChI=1S/C14H24N2/c1-12-7-5-6-10-16(12)14-9-4-2-3-8-13(14)11-15/h12-14H,2-10H2,1H3. The summed E-state index contributed by atoms with van der Waals surface area (Å²) in [5.74, 6) is 0.294. The van der Waals surface area contributed by atoms with Gasteiger partial charge in [-0.05, 0) is 39.2 Å². The van der Waals surface area contributed by atoms with Crippen LogP contribution in [-0.4, -0.2) is 23.5 Å². The van der Waals surface area contributed by atoms with Gasteiger partial charge in [-0.25, -0.2) is 0 Å². The summed E-state index contributed by atoms with van der Waals surface area (Å²) in [6, 6.07) is 3.83. The second-order valence-electron chi connectivity index (χ2n) is 5.52. The molecule has 0 aromatic heterocycles. The van der Waals surface area contributed by atoms with E-state index in [9.17, 15) is 5.26 Å². The zero-order valence-corrected chi connectivity index (χ0v) is 10.5. The molecule has 1 aliphatic heterocycles. The summed E-state index contributed by atoms with van der Waals surface area (Å²) in [5.41, 5.74) is 0. The summed E-state index contributed by atoms with van der Waals surface area (Å²) in [4.78, 5) is 2.64. The van der Waals surface area contributed by atoms with Crippen LogP contribution in [0.3, 0.4) is 0 Å². The SMILES string of the molecule is CC1CCCCN1C1CCCCCC1C#N. The van der Waals surface area contributed by atoms with E-state index >= 15 is 0 Å². The zero-order valence-electron chi connectivity index (χ0n) is 10.5. The second kappa shape index (κ2) is 5.68. The summed E-state index contributed by atoms with van der Waals surface area (Å²) < 4.78 is 0. The van der Waals surface area contributed by atoms with Gasteiger partial charge < -0.3 is 0 Å². The molecule has 1 saturated heterocycles. The maximum atomic E-state index is 9.33. The van der Waals surface area contributed by atoms with E-state index in [4.69, 9.17) is 0 Å². The van der Waals surface area contributed by atoms with Crippen molar-refractivity contribution in [1.82, 2.24) is 4.90 Å². The van der Waals surface area contributed by atoms with Crippen molar-refractivity contribution in [3.63, 3.8) is 0 Å². The monoisotopic (exact) mass is 220 g/mol. The Kier molecular flexibility index (Phi) is 4.23. The Labute approximate surface area is 99.6 Å². The molecule has 3 atom stereocenters. The zero-order chi connectivity index (χ0) is 11.4. The highest BCUT2D eigenvalue weighted by Gasteiger charge is 2.32. The first-order valence-electron chi connectivity index (χ1n) is 6.98. The average molecular weight is 220 g/mol. The van der Waals surface area contributed by atoms with E-state index in [-0.39, 0.29) is 0 Å². The third-order valence-corrected chi connectivity index (χ3v) is 4.43. The predicted molar refractivity (Wildman–Crippen MR) is 66.0 cm³/mol. The van der Waals surface area contributed by atoms with Gasteiger partial charge in [0.2, 0.25) is 0 Å². The van der Waals surface area contributed by atoms with Gasteiger partial charge in [0.25, 0.3) is 0 Å². The molecule has 1 heterocycles. The molecule has 3 unspecified atom stereocenters. The number of nitriles is 1. The molecule has 1 saturated carbocycles. The van der Waals surface area contributed by atoms with Gasteiger partial charge in [0, 0.05) is 12.1 Å². The van der Waals surface area contributed by atoms with Crippen LogP contribution >= 0.6 is 0 Å². The maximum absolute atomic E-state index is 9.33. The highest BCUT2D eigenvalue weighted by molar-refractivity contribution is 4.96. The van der Waals surface area contributed by atoms with Crippen molar-refractivity contribution in [2.45, 2.75) is 70.4 Å². The molecule has 0 N–H and O–H groups in total.